The van der Waals surface area contributed by atoms with Crippen LogP contribution in [0, 0.1) is 10.1 Å². The Bertz CT molecular complexity index is 882. The highest BCUT2D eigenvalue weighted by Crippen LogP contribution is 2.36. The predicted molar refractivity (Wildman–Crippen MR) is 92.0 cm³/mol. The molecule has 0 fully saturated rings. The van der Waals surface area contributed by atoms with E-state index in [0.29, 0.717) is 18.7 Å². The zero-order chi connectivity index (χ0) is 17.3. The summed E-state index contributed by atoms with van der Waals surface area (Å²) in [5.74, 6) is 0. The molecule has 7 nitrogen and oxygen atoms in total. The van der Waals surface area contributed by atoms with E-state index in [0.717, 1.165) is 5.69 Å². The first-order valence-electron chi connectivity index (χ1n) is 7.49. The van der Waals surface area contributed by atoms with Crippen molar-refractivity contribution in [3.63, 3.8) is 0 Å². The third-order valence-electron chi connectivity index (χ3n) is 4.05. The molecule has 0 amide bonds. The second kappa shape index (κ2) is 6.12. The number of fused-ring (bicyclic) bond motifs is 1. The largest absolute Gasteiger partial charge is 0.373 e. The van der Waals surface area contributed by atoms with Crippen molar-refractivity contribution in [3.8, 4) is 0 Å². The molecule has 1 heterocycles. The minimum atomic E-state index is -4.03. The van der Waals surface area contributed by atoms with E-state index in [9.17, 15) is 18.5 Å². The number of rotatable bonds is 3. The second-order valence-electron chi connectivity index (χ2n) is 5.57. The highest BCUT2D eigenvalue weighted by atomic mass is 32.2. The molecular weight excluding hydrogens is 330 g/mol. The third kappa shape index (κ3) is 2.69. The number of sulfonamides is 1. The zero-order valence-corrected chi connectivity index (χ0v) is 13.9. The minimum absolute atomic E-state index is 0.274. The van der Waals surface area contributed by atoms with E-state index in [-0.39, 0.29) is 11.4 Å². The van der Waals surface area contributed by atoms with Crippen molar-refractivity contribution in [2.75, 3.05) is 29.3 Å². The SMILES string of the molecule is CN1CCCN(S(=O)(=O)c2ccccc2[N+](=O)[O-])c2ccccc21. The maximum absolute atomic E-state index is 13.1. The van der Waals surface area contributed by atoms with E-state index in [4.69, 9.17) is 0 Å². The lowest BCUT2D eigenvalue weighted by molar-refractivity contribution is -0.387. The van der Waals surface area contributed by atoms with Gasteiger partial charge in [-0.05, 0) is 24.6 Å². The first kappa shape index (κ1) is 16.3. The van der Waals surface area contributed by atoms with Gasteiger partial charge in [-0.1, -0.05) is 24.3 Å². The number of nitro benzene ring substituents is 1. The van der Waals surface area contributed by atoms with Gasteiger partial charge in [0.1, 0.15) is 0 Å². The lowest BCUT2D eigenvalue weighted by Crippen LogP contribution is -2.32. The van der Waals surface area contributed by atoms with Crippen LogP contribution in [0.4, 0.5) is 17.1 Å². The van der Waals surface area contributed by atoms with Crippen LogP contribution < -0.4 is 9.21 Å². The fraction of sp³-hybridized carbons (Fsp3) is 0.250. The van der Waals surface area contributed by atoms with E-state index in [1.54, 1.807) is 12.1 Å². The summed E-state index contributed by atoms with van der Waals surface area (Å²) in [7, 11) is -2.13. The highest BCUT2D eigenvalue weighted by Gasteiger charge is 2.34. The first-order chi connectivity index (χ1) is 11.4. The Morgan fingerprint density at radius 3 is 2.33 bits per heavy atom. The Labute approximate surface area is 140 Å². The van der Waals surface area contributed by atoms with Gasteiger partial charge in [-0.25, -0.2) is 8.42 Å². The van der Waals surface area contributed by atoms with E-state index < -0.39 is 20.6 Å². The standard InChI is InChI=1S/C16H17N3O4S/c1-17-11-6-12-18(14-8-3-2-7-13(14)17)24(22,23)16-10-5-4-9-15(16)19(20)21/h2-5,7-10H,6,11-12H2,1H3. The van der Waals surface area contributed by atoms with Crippen LogP contribution in [0.15, 0.2) is 53.4 Å². The molecule has 0 bridgehead atoms. The fourth-order valence-electron chi connectivity index (χ4n) is 2.88. The van der Waals surface area contributed by atoms with Crippen LogP contribution >= 0.6 is 0 Å². The lowest BCUT2D eigenvalue weighted by atomic mass is 10.2. The molecule has 3 rings (SSSR count). The summed E-state index contributed by atoms with van der Waals surface area (Å²) in [6, 6.07) is 12.6. The summed E-state index contributed by atoms with van der Waals surface area (Å²) in [6.45, 7) is 0.982. The van der Waals surface area contributed by atoms with E-state index in [2.05, 4.69) is 0 Å². The Morgan fingerprint density at radius 2 is 1.62 bits per heavy atom. The van der Waals surface area contributed by atoms with Crippen LogP contribution in [0.25, 0.3) is 0 Å². The molecule has 0 spiro atoms. The highest BCUT2D eigenvalue weighted by molar-refractivity contribution is 7.93. The first-order valence-corrected chi connectivity index (χ1v) is 8.93. The van der Waals surface area contributed by atoms with Crippen molar-refractivity contribution in [1.29, 1.82) is 0 Å². The summed E-state index contributed by atoms with van der Waals surface area (Å²) in [5, 5.41) is 11.2. The Balaban J connectivity index is 2.18. The smallest absolute Gasteiger partial charge is 0.289 e. The molecule has 2 aromatic carbocycles. The van der Waals surface area contributed by atoms with Gasteiger partial charge in [-0.2, -0.15) is 0 Å². The number of nitrogens with zero attached hydrogens (tertiary/aromatic N) is 3. The summed E-state index contributed by atoms with van der Waals surface area (Å²) >= 11 is 0. The molecule has 126 valence electrons. The summed E-state index contributed by atoms with van der Waals surface area (Å²) < 4.78 is 27.5. The summed E-state index contributed by atoms with van der Waals surface area (Å²) in [5.41, 5.74) is 0.917. The van der Waals surface area contributed by atoms with Crippen molar-refractivity contribution in [3.05, 3.63) is 58.6 Å². The average Bonchev–Trinajstić information content (AvgIpc) is 2.75. The molecule has 24 heavy (non-hydrogen) atoms. The number of benzene rings is 2. The quantitative estimate of drug-likeness (QED) is 0.629. The molecule has 0 aromatic heterocycles. The predicted octanol–water partition coefficient (Wildman–Crippen LogP) is 2.63. The fourth-order valence-corrected chi connectivity index (χ4v) is 4.56. The maximum Gasteiger partial charge on any atom is 0.289 e. The minimum Gasteiger partial charge on any atom is -0.373 e. The van der Waals surface area contributed by atoms with E-state index in [1.807, 2.05) is 24.1 Å². The maximum atomic E-state index is 13.1. The molecule has 8 heteroatoms. The topological polar surface area (TPSA) is 83.8 Å². The molecular formula is C16H17N3O4S. The number of nitro groups is 1. The van der Waals surface area contributed by atoms with Gasteiger partial charge < -0.3 is 4.90 Å². The monoisotopic (exact) mass is 347 g/mol. The van der Waals surface area contributed by atoms with Crippen molar-refractivity contribution in [2.45, 2.75) is 11.3 Å². The average molecular weight is 347 g/mol. The Morgan fingerprint density at radius 1 is 1.00 bits per heavy atom. The number of para-hydroxylation sites is 3. The second-order valence-corrected chi connectivity index (χ2v) is 7.40. The molecule has 2 aromatic rings. The van der Waals surface area contributed by atoms with Crippen LogP contribution in [0.2, 0.25) is 0 Å². The van der Waals surface area contributed by atoms with Gasteiger partial charge in [0.25, 0.3) is 15.7 Å². The van der Waals surface area contributed by atoms with Crippen LogP contribution in [-0.4, -0.2) is 33.5 Å². The van der Waals surface area contributed by atoms with Gasteiger partial charge in [0.15, 0.2) is 4.90 Å². The normalized spacial score (nSPS) is 14.9. The van der Waals surface area contributed by atoms with Crippen LogP contribution in [-0.2, 0) is 10.0 Å². The molecule has 0 saturated carbocycles. The van der Waals surface area contributed by atoms with Crippen LogP contribution in [0.1, 0.15) is 6.42 Å². The van der Waals surface area contributed by atoms with Crippen LogP contribution in [0.3, 0.4) is 0 Å². The van der Waals surface area contributed by atoms with Gasteiger partial charge in [-0.3, -0.25) is 14.4 Å². The molecule has 0 atom stereocenters. The molecule has 0 unspecified atom stereocenters. The van der Waals surface area contributed by atoms with E-state index >= 15 is 0 Å². The zero-order valence-electron chi connectivity index (χ0n) is 13.1. The molecule has 0 aliphatic carbocycles. The molecule has 1 aliphatic rings. The summed E-state index contributed by atoms with van der Waals surface area (Å²) in [6.07, 6.45) is 0.630. The van der Waals surface area contributed by atoms with Gasteiger partial charge in [0.2, 0.25) is 0 Å². The molecule has 0 N–H and O–H groups in total. The third-order valence-corrected chi connectivity index (χ3v) is 5.91. The van der Waals surface area contributed by atoms with Crippen molar-refractivity contribution >= 4 is 27.1 Å². The van der Waals surface area contributed by atoms with Crippen molar-refractivity contribution < 1.29 is 13.3 Å². The van der Waals surface area contributed by atoms with Crippen LogP contribution in [0.5, 0.6) is 0 Å². The Hall–Kier alpha value is -2.61. The number of hydrogen-bond donors (Lipinski definition) is 0. The van der Waals surface area contributed by atoms with E-state index in [1.165, 1.54) is 28.6 Å². The van der Waals surface area contributed by atoms with Gasteiger partial charge in [0, 0.05) is 26.2 Å². The molecule has 0 saturated heterocycles. The van der Waals surface area contributed by atoms with Crippen molar-refractivity contribution in [2.24, 2.45) is 0 Å². The summed E-state index contributed by atoms with van der Waals surface area (Å²) in [4.78, 5) is 12.3. The number of anilines is 2. The van der Waals surface area contributed by atoms with Crippen molar-refractivity contribution in [1.82, 2.24) is 0 Å². The molecule has 1 aliphatic heterocycles. The molecule has 0 radical (unpaired) electrons. The van der Waals surface area contributed by atoms with Gasteiger partial charge in [-0.15, -0.1) is 0 Å². The Kier molecular flexibility index (Phi) is 4.15. The lowest BCUT2D eigenvalue weighted by Gasteiger charge is -2.25. The van der Waals surface area contributed by atoms with Gasteiger partial charge in [0.05, 0.1) is 16.3 Å². The van der Waals surface area contributed by atoms with Gasteiger partial charge >= 0.3 is 0 Å². The number of hydrogen-bond acceptors (Lipinski definition) is 5.